The number of amides is 1. The molecule has 1 amide bonds. The lowest BCUT2D eigenvalue weighted by molar-refractivity contribution is -0.143. The van der Waals surface area contributed by atoms with Crippen molar-refractivity contribution in [2.75, 3.05) is 39.3 Å². The maximum Gasteiger partial charge on any atom is 0.416 e. The van der Waals surface area contributed by atoms with Crippen LogP contribution in [0.1, 0.15) is 54.1 Å². The summed E-state index contributed by atoms with van der Waals surface area (Å²) in [7, 11) is 0. The van der Waals surface area contributed by atoms with E-state index in [4.69, 9.17) is 5.26 Å². The lowest BCUT2D eigenvalue weighted by Crippen LogP contribution is -2.42. The highest BCUT2D eigenvalue weighted by Crippen LogP contribution is 2.36. The number of allylic oxidation sites excluding steroid dienone is 1. The van der Waals surface area contributed by atoms with Crippen molar-refractivity contribution in [1.29, 1.82) is 5.26 Å². The lowest BCUT2D eigenvalue weighted by atomic mass is 9.95. The van der Waals surface area contributed by atoms with Gasteiger partial charge in [0.1, 0.15) is 0 Å². The van der Waals surface area contributed by atoms with E-state index < -0.39 is 35.0 Å². The lowest BCUT2D eigenvalue weighted by Gasteiger charge is -2.37. The topological polar surface area (TPSA) is 59.4 Å². The summed E-state index contributed by atoms with van der Waals surface area (Å²) >= 11 is 0. The SMILES string of the molecule is C/C=C(/CN1CCC(CNC(=O)c2cc(C(F)(F)F)cc(C(F)(F)F)c2)CC1)N1CCC(C#N)CC1. The molecule has 2 fully saturated rings. The van der Waals surface area contributed by atoms with Crippen LogP contribution in [0, 0.1) is 23.2 Å². The van der Waals surface area contributed by atoms with Crippen LogP contribution in [0.5, 0.6) is 0 Å². The van der Waals surface area contributed by atoms with Crippen molar-refractivity contribution < 1.29 is 31.1 Å². The van der Waals surface area contributed by atoms with Gasteiger partial charge in [-0.05, 0) is 69.8 Å². The fourth-order valence-electron chi connectivity index (χ4n) is 4.67. The zero-order chi connectivity index (χ0) is 26.5. The van der Waals surface area contributed by atoms with Crippen LogP contribution in [-0.2, 0) is 12.4 Å². The molecule has 2 saturated heterocycles. The Kier molecular flexibility index (Phi) is 8.93. The molecule has 2 aliphatic heterocycles. The number of hydrogen-bond acceptors (Lipinski definition) is 4. The molecule has 0 aromatic heterocycles. The molecule has 5 nitrogen and oxygen atoms in total. The van der Waals surface area contributed by atoms with Gasteiger partial charge in [0, 0.05) is 43.4 Å². The largest absolute Gasteiger partial charge is 0.416 e. The van der Waals surface area contributed by atoms with Gasteiger partial charge in [-0.25, -0.2) is 0 Å². The molecule has 1 aromatic rings. The number of nitrogens with zero attached hydrogens (tertiary/aromatic N) is 3. The predicted octanol–water partition coefficient (Wildman–Crippen LogP) is 5.31. The Morgan fingerprint density at radius 1 is 1.00 bits per heavy atom. The van der Waals surface area contributed by atoms with Gasteiger partial charge in [-0.3, -0.25) is 9.69 Å². The van der Waals surface area contributed by atoms with Gasteiger partial charge in [0.15, 0.2) is 0 Å². The standard InChI is InChI=1S/C25H30F6N4O/c1-2-22(35-9-5-17(14-32)6-10-35)16-34-7-3-18(4-8-34)15-33-23(36)19-11-20(24(26,27)28)13-21(12-19)25(29,30)31/h2,11-13,17-18H,3-10,15-16H2,1H3,(H,33,36)/b22-2-. The van der Waals surface area contributed by atoms with Gasteiger partial charge < -0.3 is 10.2 Å². The first-order valence-electron chi connectivity index (χ1n) is 12.0. The van der Waals surface area contributed by atoms with E-state index in [1.165, 1.54) is 5.70 Å². The van der Waals surface area contributed by atoms with Crippen molar-refractivity contribution in [3.05, 3.63) is 46.7 Å². The first-order valence-corrected chi connectivity index (χ1v) is 12.0. The summed E-state index contributed by atoms with van der Waals surface area (Å²) in [5.41, 5.74) is -2.46. The highest BCUT2D eigenvalue weighted by Gasteiger charge is 2.37. The van der Waals surface area contributed by atoms with E-state index in [1.807, 2.05) is 6.92 Å². The number of piperidine rings is 2. The van der Waals surface area contributed by atoms with E-state index in [0.717, 1.165) is 58.4 Å². The van der Waals surface area contributed by atoms with E-state index in [1.54, 1.807) is 0 Å². The van der Waals surface area contributed by atoms with Gasteiger partial charge in [-0.15, -0.1) is 0 Å². The molecule has 2 heterocycles. The second-order valence-electron chi connectivity index (χ2n) is 9.39. The Morgan fingerprint density at radius 3 is 2.03 bits per heavy atom. The molecule has 3 rings (SSSR count). The zero-order valence-corrected chi connectivity index (χ0v) is 20.1. The molecule has 198 valence electrons. The Morgan fingerprint density at radius 2 is 1.56 bits per heavy atom. The highest BCUT2D eigenvalue weighted by atomic mass is 19.4. The maximum absolute atomic E-state index is 13.1. The van der Waals surface area contributed by atoms with E-state index >= 15 is 0 Å². The van der Waals surface area contributed by atoms with Gasteiger partial charge in [-0.2, -0.15) is 31.6 Å². The molecule has 2 aliphatic rings. The second kappa shape index (κ2) is 11.5. The van der Waals surface area contributed by atoms with Crippen molar-refractivity contribution in [3.63, 3.8) is 0 Å². The van der Waals surface area contributed by atoms with Crippen molar-refractivity contribution in [3.8, 4) is 6.07 Å². The summed E-state index contributed by atoms with van der Waals surface area (Å²) in [5, 5.41) is 11.6. The van der Waals surface area contributed by atoms with Gasteiger partial charge in [0.2, 0.25) is 0 Å². The predicted molar refractivity (Wildman–Crippen MR) is 122 cm³/mol. The fraction of sp³-hybridized carbons (Fsp3) is 0.600. The van der Waals surface area contributed by atoms with E-state index in [-0.39, 0.29) is 24.4 Å². The smallest absolute Gasteiger partial charge is 0.374 e. The molecule has 1 aromatic carbocycles. The third-order valence-corrected chi connectivity index (χ3v) is 6.91. The van der Waals surface area contributed by atoms with Crippen LogP contribution in [0.2, 0.25) is 0 Å². The molecule has 0 radical (unpaired) electrons. The number of carbonyl (C=O) groups excluding carboxylic acids is 1. The molecule has 0 bridgehead atoms. The molecule has 0 unspecified atom stereocenters. The van der Waals surface area contributed by atoms with Crippen molar-refractivity contribution in [1.82, 2.24) is 15.1 Å². The second-order valence-corrected chi connectivity index (χ2v) is 9.39. The molecule has 11 heteroatoms. The van der Waals surface area contributed by atoms with Crippen LogP contribution < -0.4 is 5.32 Å². The monoisotopic (exact) mass is 516 g/mol. The van der Waals surface area contributed by atoms with Crippen LogP contribution in [0.25, 0.3) is 0 Å². The summed E-state index contributed by atoms with van der Waals surface area (Å²) in [4.78, 5) is 17.0. The van der Waals surface area contributed by atoms with E-state index in [0.29, 0.717) is 12.1 Å². The summed E-state index contributed by atoms with van der Waals surface area (Å²) < 4.78 is 78.3. The van der Waals surface area contributed by atoms with Gasteiger partial charge in [0.05, 0.1) is 17.2 Å². The van der Waals surface area contributed by atoms with Crippen molar-refractivity contribution in [2.24, 2.45) is 11.8 Å². The third-order valence-electron chi connectivity index (χ3n) is 6.91. The van der Waals surface area contributed by atoms with Crippen LogP contribution in [0.4, 0.5) is 26.3 Å². The number of rotatable bonds is 6. The quantitative estimate of drug-likeness (QED) is 0.521. The van der Waals surface area contributed by atoms with Crippen LogP contribution in [0.3, 0.4) is 0 Å². The normalized spacial score (nSPS) is 19.3. The summed E-state index contributed by atoms with van der Waals surface area (Å²) in [6.07, 6.45) is -4.70. The molecule has 0 atom stereocenters. The minimum absolute atomic E-state index is 0.0112. The van der Waals surface area contributed by atoms with Crippen molar-refractivity contribution in [2.45, 2.75) is 45.0 Å². The summed E-state index contributed by atoms with van der Waals surface area (Å²) in [6.45, 7) is 6.20. The third kappa shape index (κ3) is 7.38. The molecule has 36 heavy (non-hydrogen) atoms. The van der Waals surface area contributed by atoms with Gasteiger partial charge >= 0.3 is 12.4 Å². The summed E-state index contributed by atoms with van der Waals surface area (Å²) in [5.74, 6) is -0.759. The number of hydrogen-bond donors (Lipinski definition) is 1. The van der Waals surface area contributed by atoms with Gasteiger partial charge in [-0.1, -0.05) is 6.08 Å². The molecular weight excluding hydrogens is 486 g/mol. The first-order chi connectivity index (χ1) is 16.9. The van der Waals surface area contributed by atoms with E-state index in [2.05, 4.69) is 27.3 Å². The molecule has 0 aliphatic carbocycles. The number of likely N-dealkylation sites (tertiary alicyclic amines) is 2. The van der Waals surface area contributed by atoms with Crippen molar-refractivity contribution >= 4 is 5.91 Å². The summed E-state index contributed by atoms with van der Waals surface area (Å²) in [6, 6.07) is 3.24. The first kappa shape index (κ1) is 27.8. The average Bonchev–Trinajstić information content (AvgIpc) is 2.85. The Bertz CT molecular complexity index is 949. The number of nitriles is 1. The maximum atomic E-state index is 13.1. The highest BCUT2D eigenvalue weighted by molar-refractivity contribution is 5.94. The van der Waals surface area contributed by atoms with Crippen LogP contribution in [0.15, 0.2) is 30.0 Å². The van der Waals surface area contributed by atoms with Crippen LogP contribution >= 0.6 is 0 Å². The Balaban J connectivity index is 1.51. The van der Waals surface area contributed by atoms with E-state index in [9.17, 15) is 31.1 Å². The minimum Gasteiger partial charge on any atom is -0.374 e. The number of nitrogens with one attached hydrogen (secondary N) is 1. The number of alkyl halides is 6. The fourth-order valence-corrected chi connectivity index (χ4v) is 4.67. The molecule has 0 saturated carbocycles. The van der Waals surface area contributed by atoms with Crippen LogP contribution in [-0.4, -0.2) is 55.0 Å². The van der Waals surface area contributed by atoms with Gasteiger partial charge in [0.25, 0.3) is 5.91 Å². The number of benzene rings is 1. The number of carbonyl (C=O) groups is 1. The Labute approximate surface area is 206 Å². The molecule has 1 N–H and O–H groups in total. The molecule has 0 spiro atoms. The Hall–Kier alpha value is -2.74. The minimum atomic E-state index is -5.00. The molecular formula is C25H30F6N4O. The average molecular weight is 517 g/mol. The number of halogens is 6. The zero-order valence-electron chi connectivity index (χ0n) is 20.1.